The first-order chi connectivity index (χ1) is 44.2. The van der Waals surface area contributed by atoms with E-state index in [2.05, 4.69) is 60.7 Å². The predicted octanol–water partition coefficient (Wildman–Crippen LogP) is 4.71. The maximum absolute atomic E-state index is 10.1. The smallest absolute Gasteiger partial charge is 0.870 e. The Morgan fingerprint density at radius 3 is 0.545 bits per heavy atom. The summed E-state index contributed by atoms with van der Waals surface area (Å²) in [6, 6.07) is 30.2. The fourth-order valence-electron chi connectivity index (χ4n) is 3.53. The summed E-state index contributed by atoms with van der Waals surface area (Å²) in [6.45, 7) is 24.9. The Labute approximate surface area is 781 Å². The summed E-state index contributed by atoms with van der Waals surface area (Å²) in [5, 5.41) is 24.0. The van der Waals surface area contributed by atoms with Gasteiger partial charge in [0, 0.05) is 36.7 Å². The second-order valence-electron chi connectivity index (χ2n) is 24.7. The molecule has 0 spiro atoms. The van der Waals surface area contributed by atoms with Gasteiger partial charge in [-0.1, -0.05) is 224 Å². The van der Waals surface area contributed by atoms with Gasteiger partial charge in [-0.25, -0.2) is 0 Å². The maximum atomic E-state index is 10.1. The summed E-state index contributed by atoms with van der Waals surface area (Å²) in [6.07, 6.45) is 13.6. The van der Waals surface area contributed by atoms with Crippen molar-refractivity contribution in [2.75, 3.05) is 10.7 Å². The van der Waals surface area contributed by atoms with Crippen LogP contribution in [-0.4, -0.2) is 104 Å². The Morgan fingerprint density at radius 1 is 0.277 bits per heavy atom. The molecule has 8 rings (SSSR count). The number of rotatable bonds is 4. The molecule has 0 bridgehead atoms. The molecule has 0 aliphatic carbocycles. The Hall–Kier alpha value is 0.535. The van der Waals surface area contributed by atoms with Crippen LogP contribution < -0.4 is 79.1 Å². The van der Waals surface area contributed by atoms with E-state index in [0.29, 0.717) is 0 Å². The van der Waals surface area contributed by atoms with Crippen molar-refractivity contribution >= 4 is 92.0 Å². The van der Waals surface area contributed by atoms with Gasteiger partial charge in [-0.15, -0.1) is 46.4 Å². The molecule has 0 unspecified atom stereocenters. The molecular weight excluding hydrogens is 2180 g/mol. The number of hydrogen-bond donors (Lipinski definition) is 0. The van der Waals surface area contributed by atoms with E-state index >= 15 is 0 Å². The normalized spacial score (nSPS) is 10.2. The largest absolute Gasteiger partial charge is 2.00 e. The monoisotopic (exact) mass is 2260 g/mol. The van der Waals surface area contributed by atoms with Gasteiger partial charge in [0.2, 0.25) is 0 Å². The number of pyridine rings is 4. The molecule has 34 nitrogen and oxygen atoms in total. The number of aromatic nitrogens is 12. The molecule has 0 aliphatic heterocycles. The fourth-order valence-corrected chi connectivity index (χ4v) is 3.53. The van der Waals surface area contributed by atoms with Crippen molar-refractivity contribution in [3.8, 4) is 45.6 Å². The zero-order chi connectivity index (χ0) is 77.5. The second kappa shape index (κ2) is 75.3. The van der Waals surface area contributed by atoms with E-state index in [0.717, 1.165) is 45.6 Å². The molecule has 0 fully saturated rings. The summed E-state index contributed by atoms with van der Waals surface area (Å²) < 4.78 is 60.8. The molecule has 0 saturated carbocycles. The van der Waals surface area contributed by atoms with Gasteiger partial charge in [-0.2, -0.15) is 18.6 Å². The Bertz CT molecular complexity index is 3100. The van der Waals surface area contributed by atoms with Gasteiger partial charge in [0.05, 0.1) is 44.8 Å². The van der Waals surface area contributed by atoms with E-state index in [-0.39, 0.29) is 203 Å². The van der Waals surface area contributed by atoms with Gasteiger partial charge < -0.3 is 149 Å². The molecule has 8 heterocycles. The minimum atomic E-state index is -4.35. The number of alkyl halides is 4. The summed E-state index contributed by atoms with van der Waals surface area (Å²) >= 11 is 19.1. The minimum Gasteiger partial charge on any atom is -0.870 e. The predicted molar refractivity (Wildman–Crippen MR) is 368 cm³/mol. The molecule has 8 aromatic heterocycles. The topological polar surface area (TPSA) is 659 Å². The van der Waals surface area contributed by atoms with Crippen molar-refractivity contribution in [3.63, 3.8) is 0 Å². The molecule has 0 aliphatic rings. The molecule has 0 amide bonds. The van der Waals surface area contributed by atoms with Crippen molar-refractivity contribution in [2.24, 2.45) is 0 Å². The average molecular weight is 2270 g/mol. The van der Waals surface area contributed by atoms with Crippen LogP contribution in [0.1, 0.15) is 125 Å². The molecule has 112 heavy (non-hydrogen) atoms. The van der Waals surface area contributed by atoms with Crippen molar-refractivity contribution in [3.05, 3.63) is 147 Å². The van der Waals surface area contributed by atoms with E-state index in [1.165, 1.54) is 125 Å². The van der Waals surface area contributed by atoms with E-state index in [1.54, 1.807) is 49.6 Å². The standard InChI is InChI=1S/4C8H6N3.6C4H11O3P.2CH2Cl2.10Cu.4H2O/c4*1-2-5-9-7(3-1)8-4-6-10-11-8;6*1-4(2,3)8(5,6)7;2*2-1-3;;;;;;;;;;;;;;/h4*1-6H;6*1-3H3,(H2,5,6,7);2*1H2;;;;;;;;;;;4*1H2/q4*-1;;;;;;;;;10*+2;;;;/p-16. The molecule has 4 N–H and O–H groups in total. The van der Waals surface area contributed by atoms with Gasteiger partial charge in [-0.3, -0.25) is 19.9 Å². The van der Waals surface area contributed by atoms with Crippen LogP contribution in [0.15, 0.2) is 147 Å². The van der Waals surface area contributed by atoms with Crippen LogP contribution in [0.4, 0.5) is 0 Å². The summed E-state index contributed by atoms with van der Waals surface area (Å²) in [4.78, 5) is 138. The maximum Gasteiger partial charge on any atom is 2.00 e. The van der Waals surface area contributed by atoms with E-state index in [4.69, 9.17) is 46.4 Å². The van der Waals surface area contributed by atoms with Crippen molar-refractivity contribution in [1.29, 1.82) is 0 Å². The molecule has 0 saturated heterocycles. The first kappa shape index (κ1) is 157. The number of hydrogen-bond acceptors (Lipinski definition) is 30. The minimum absolute atomic E-state index is 0. The number of halogens is 4. The number of nitrogens with zero attached hydrogens (tertiary/aromatic N) is 12. The third-order valence-electron chi connectivity index (χ3n) is 10.5. The second-order valence-corrected chi connectivity index (χ2v) is 40.4. The van der Waals surface area contributed by atoms with Gasteiger partial charge in [0.25, 0.3) is 0 Å². The molecule has 678 valence electrons. The van der Waals surface area contributed by atoms with Crippen molar-refractivity contribution in [1.82, 2.24) is 60.7 Å². The van der Waals surface area contributed by atoms with Gasteiger partial charge in [0.1, 0.15) is 0 Å². The molecule has 8 aromatic rings. The van der Waals surface area contributed by atoms with Crippen LogP contribution in [0.5, 0.6) is 0 Å². The first-order valence-corrected chi connectivity index (χ1v) is 39.4. The van der Waals surface area contributed by atoms with Gasteiger partial charge in [0.15, 0.2) is 0 Å². The Balaban J connectivity index is -0.0000000538. The van der Waals surface area contributed by atoms with Crippen LogP contribution in [0.3, 0.4) is 0 Å². The van der Waals surface area contributed by atoms with E-state index < -0.39 is 76.5 Å². The zero-order valence-corrected chi connectivity index (χ0v) is 79.8. The van der Waals surface area contributed by atoms with Gasteiger partial charge >= 0.3 is 171 Å². The zero-order valence-electron chi connectivity index (χ0n) is 62.0. The Morgan fingerprint density at radius 2 is 0.438 bits per heavy atom. The first-order valence-electron chi connectivity index (χ1n) is 28.0. The molecule has 0 aromatic carbocycles. The van der Waals surface area contributed by atoms with Crippen LogP contribution in [0.25, 0.3) is 45.6 Å². The van der Waals surface area contributed by atoms with E-state index in [1.807, 2.05) is 97.1 Å². The van der Waals surface area contributed by atoms with Crippen LogP contribution in [0.2, 0.25) is 0 Å². The third-order valence-corrected chi connectivity index (χ3v) is 20.4. The molecular formula is C58H86Cl4Cu10N12O22P6. The van der Waals surface area contributed by atoms with Crippen LogP contribution in [0, 0.1) is 0 Å². The summed E-state index contributed by atoms with van der Waals surface area (Å²) in [7, 11) is -26.1. The SMILES string of the molecule is CC(C)(C)P(=O)([O-])[O-].CC(C)(C)P(=O)([O-])[O-].CC(C)(C)P(=O)([O-])[O-].CC(C)(C)P(=O)([O-])[O-].CC(C)(C)P(=O)([O-])[O-].CC(C)(C)P(=O)([O-])[O-].ClCCl.ClCCl.[Cu+2].[Cu+2].[Cu+2].[Cu+2].[Cu+2].[Cu+2].[Cu+2].[Cu+2].[Cu+2].[Cu+2].[OH-].[OH-].[OH-].[OH-].c1ccc(-c2cc[n-]n2)nc1.c1ccc(-c2cc[n-]n2)nc1.c1ccc(-c2cc[n-]n2)nc1.c1ccc(-c2ccn[n-]2)nc1. The fraction of sp³-hybridized carbons (Fsp3) is 0.448. The summed E-state index contributed by atoms with van der Waals surface area (Å²) in [5.41, 5.74) is 6.76. The molecule has 54 heteroatoms. The van der Waals surface area contributed by atoms with E-state index in [9.17, 15) is 86.1 Å². The molecule has 10 radical (unpaired) electrons. The van der Waals surface area contributed by atoms with Gasteiger partial charge in [-0.05, 0) is 79.5 Å². The van der Waals surface area contributed by atoms with Crippen LogP contribution >= 0.6 is 92.0 Å². The average Bonchev–Trinajstić information content (AvgIpc) is 1.56. The summed E-state index contributed by atoms with van der Waals surface area (Å²) in [5.74, 6) is 0. The third kappa shape index (κ3) is 77.8. The van der Waals surface area contributed by atoms with Crippen LogP contribution in [-0.2, 0) is 198 Å². The van der Waals surface area contributed by atoms with Crippen molar-refractivity contribution < 1.29 is 279 Å². The molecule has 0 atom stereocenters. The Kier molecular flexibility index (Phi) is 105. The quantitative estimate of drug-likeness (QED) is 0.131. The van der Waals surface area contributed by atoms with Crippen molar-refractivity contribution in [2.45, 2.75) is 156 Å².